The molecule has 1 fully saturated rings. The Labute approximate surface area is 110 Å². The molecular formula is C12H25ClN2O2. The van der Waals surface area contributed by atoms with Gasteiger partial charge < -0.3 is 15.4 Å². The topological polar surface area (TPSA) is 55.6 Å². The van der Waals surface area contributed by atoms with Crippen molar-refractivity contribution in [2.24, 2.45) is 11.7 Å². The van der Waals surface area contributed by atoms with E-state index in [0.717, 1.165) is 25.9 Å². The van der Waals surface area contributed by atoms with Crippen LogP contribution in [0.1, 0.15) is 32.6 Å². The van der Waals surface area contributed by atoms with Crippen LogP contribution in [0.5, 0.6) is 0 Å². The summed E-state index contributed by atoms with van der Waals surface area (Å²) < 4.78 is 5.14. The zero-order valence-corrected chi connectivity index (χ0v) is 11.7. The van der Waals surface area contributed by atoms with E-state index in [1.54, 1.807) is 7.11 Å². The SMILES string of the molecule is CCC1CCCN(C(=O)CC(CN)OC)C1.Cl. The second-order valence-electron chi connectivity index (χ2n) is 4.55. The van der Waals surface area contributed by atoms with Crippen LogP contribution in [0.2, 0.25) is 0 Å². The summed E-state index contributed by atoms with van der Waals surface area (Å²) in [4.78, 5) is 13.9. The molecule has 0 saturated carbocycles. The van der Waals surface area contributed by atoms with Crippen LogP contribution in [0.4, 0.5) is 0 Å². The minimum atomic E-state index is -0.130. The molecule has 1 aliphatic heterocycles. The van der Waals surface area contributed by atoms with Crippen molar-refractivity contribution < 1.29 is 9.53 Å². The molecule has 0 aromatic carbocycles. The third-order valence-corrected chi connectivity index (χ3v) is 3.45. The summed E-state index contributed by atoms with van der Waals surface area (Å²) in [6.07, 6.45) is 3.84. The Morgan fingerprint density at radius 3 is 2.82 bits per heavy atom. The van der Waals surface area contributed by atoms with Crippen LogP contribution in [0, 0.1) is 5.92 Å². The van der Waals surface area contributed by atoms with Gasteiger partial charge in [-0.15, -0.1) is 12.4 Å². The Balaban J connectivity index is 0.00000256. The van der Waals surface area contributed by atoms with Crippen molar-refractivity contribution in [3.05, 3.63) is 0 Å². The Morgan fingerprint density at radius 1 is 1.59 bits per heavy atom. The Morgan fingerprint density at radius 2 is 2.29 bits per heavy atom. The first-order chi connectivity index (χ1) is 7.71. The first-order valence-corrected chi connectivity index (χ1v) is 6.21. The van der Waals surface area contributed by atoms with E-state index in [4.69, 9.17) is 10.5 Å². The van der Waals surface area contributed by atoms with Crippen LogP contribution >= 0.6 is 12.4 Å². The Kier molecular flexibility index (Phi) is 8.56. The van der Waals surface area contributed by atoms with Crippen LogP contribution in [-0.4, -0.2) is 43.7 Å². The second kappa shape index (κ2) is 8.72. The number of rotatable bonds is 5. The average Bonchev–Trinajstić information content (AvgIpc) is 2.35. The molecule has 0 bridgehead atoms. The lowest BCUT2D eigenvalue weighted by molar-refractivity contribution is -0.135. The monoisotopic (exact) mass is 264 g/mol. The van der Waals surface area contributed by atoms with Gasteiger partial charge in [-0.25, -0.2) is 0 Å². The summed E-state index contributed by atoms with van der Waals surface area (Å²) in [5.74, 6) is 0.868. The smallest absolute Gasteiger partial charge is 0.225 e. The number of nitrogens with zero attached hydrogens (tertiary/aromatic N) is 1. The van der Waals surface area contributed by atoms with E-state index in [2.05, 4.69) is 6.92 Å². The maximum Gasteiger partial charge on any atom is 0.225 e. The van der Waals surface area contributed by atoms with Crippen LogP contribution in [0.15, 0.2) is 0 Å². The average molecular weight is 265 g/mol. The molecule has 0 radical (unpaired) electrons. The molecule has 4 nitrogen and oxygen atoms in total. The fraction of sp³-hybridized carbons (Fsp3) is 0.917. The molecule has 102 valence electrons. The highest BCUT2D eigenvalue weighted by molar-refractivity contribution is 5.85. The molecule has 1 saturated heterocycles. The van der Waals surface area contributed by atoms with Gasteiger partial charge in [-0.1, -0.05) is 13.3 Å². The summed E-state index contributed by atoms with van der Waals surface area (Å²) in [7, 11) is 1.61. The Bertz CT molecular complexity index is 223. The van der Waals surface area contributed by atoms with Crippen LogP contribution in [-0.2, 0) is 9.53 Å². The third-order valence-electron chi connectivity index (χ3n) is 3.45. The van der Waals surface area contributed by atoms with Crippen molar-refractivity contribution >= 4 is 18.3 Å². The molecule has 1 heterocycles. The highest BCUT2D eigenvalue weighted by Gasteiger charge is 2.24. The number of methoxy groups -OCH3 is 1. The zero-order valence-electron chi connectivity index (χ0n) is 10.9. The molecule has 2 N–H and O–H groups in total. The van der Waals surface area contributed by atoms with Crippen LogP contribution in [0.3, 0.4) is 0 Å². The standard InChI is InChI=1S/C12H24N2O2.ClH/c1-3-10-5-4-6-14(9-10)12(15)7-11(8-13)16-2;/h10-11H,3-9,13H2,1-2H3;1H. The van der Waals surface area contributed by atoms with Crippen molar-refractivity contribution in [1.29, 1.82) is 0 Å². The van der Waals surface area contributed by atoms with Gasteiger partial charge in [0.1, 0.15) is 0 Å². The quantitative estimate of drug-likeness (QED) is 0.817. The number of carbonyl (C=O) groups excluding carboxylic acids is 1. The van der Waals surface area contributed by atoms with Crippen molar-refractivity contribution in [2.75, 3.05) is 26.7 Å². The molecule has 17 heavy (non-hydrogen) atoms. The van der Waals surface area contributed by atoms with Gasteiger partial charge >= 0.3 is 0 Å². The molecular weight excluding hydrogens is 240 g/mol. The number of hydrogen-bond acceptors (Lipinski definition) is 3. The summed E-state index contributed by atoms with van der Waals surface area (Å²) in [6.45, 7) is 4.41. The normalized spacial score (nSPS) is 21.8. The van der Waals surface area contributed by atoms with Crippen molar-refractivity contribution in [2.45, 2.75) is 38.7 Å². The van der Waals surface area contributed by atoms with Gasteiger partial charge in [0.15, 0.2) is 0 Å². The number of piperidine rings is 1. The number of halogens is 1. The number of likely N-dealkylation sites (tertiary alicyclic amines) is 1. The van der Waals surface area contributed by atoms with Gasteiger partial charge in [-0.05, 0) is 18.8 Å². The predicted molar refractivity (Wildman–Crippen MR) is 71.3 cm³/mol. The van der Waals surface area contributed by atoms with Gasteiger partial charge in [0.25, 0.3) is 0 Å². The van der Waals surface area contributed by atoms with E-state index in [1.165, 1.54) is 6.42 Å². The van der Waals surface area contributed by atoms with Crippen LogP contribution in [0.25, 0.3) is 0 Å². The summed E-state index contributed by atoms with van der Waals surface area (Å²) in [6, 6.07) is 0. The summed E-state index contributed by atoms with van der Waals surface area (Å²) in [5, 5.41) is 0. The first-order valence-electron chi connectivity index (χ1n) is 6.21. The van der Waals surface area contributed by atoms with Gasteiger partial charge in [0, 0.05) is 26.7 Å². The molecule has 2 atom stereocenters. The van der Waals surface area contributed by atoms with E-state index in [0.29, 0.717) is 18.9 Å². The van der Waals surface area contributed by atoms with E-state index >= 15 is 0 Å². The minimum Gasteiger partial charge on any atom is -0.380 e. The number of hydrogen-bond donors (Lipinski definition) is 1. The van der Waals surface area contributed by atoms with Crippen molar-refractivity contribution in [3.63, 3.8) is 0 Å². The summed E-state index contributed by atoms with van der Waals surface area (Å²) >= 11 is 0. The lowest BCUT2D eigenvalue weighted by Gasteiger charge is -2.33. The molecule has 1 amide bonds. The number of ether oxygens (including phenoxy) is 1. The van der Waals surface area contributed by atoms with E-state index in [1.807, 2.05) is 4.90 Å². The maximum atomic E-state index is 12.0. The van der Waals surface area contributed by atoms with Crippen molar-refractivity contribution in [1.82, 2.24) is 4.90 Å². The lowest BCUT2D eigenvalue weighted by atomic mass is 9.95. The summed E-state index contributed by atoms with van der Waals surface area (Å²) in [5.41, 5.74) is 5.52. The highest BCUT2D eigenvalue weighted by Crippen LogP contribution is 2.20. The molecule has 1 rings (SSSR count). The number of nitrogens with two attached hydrogens (primary N) is 1. The van der Waals surface area contributed by atoms with Gasteiger partial charge in [0.2, 0.25) is 5.91 Å². The van der Waals surface area contributed by atoms with Crippen molar-refractivity contribution in [3.8, 4) is 0 Å². The van der Waals surface area contributed by atoms with Crippen LogP contribution < -0.4 is 5.73 Å². The molecule has 0 aliphatic carbocycles. The second-order valence-corrected chi connectivity index (χ2v) is 4.55. The van der Waals surface area contributed by atoms with E-state index in [9.17, 15) is 4.79 Å². The van der Waals surface area contributed by atoms with Gasteiger partial charge in [-0.3, -0.25) is 4.79 Å². The minimum absolute atomic E-state index is 0. The number of carbonyl (C=O) groups is 1. The zero-order chi connectivity index (χ0) is 12.0. The largest absolute Gasteiger partial charge is 0.380 e. The highest BCUT2D eigenvalue weighted by atomic mass is 35.5. The van der Waals surface area contributed by atoms with Gasteiger partial charge in [0.05, 0.1) is 12.5 Å². The fourth-order valence-corrected chi connectivity index (χ4v) is 2.21. The molecule has 0 aromatic heterocycles. The van der Waals surface area contributed by atoms with Gasteiger partial charge in [-0.2, -0.15) is 0 Å². The molecule has 5 heteroatoms. The predicted octanol–water partition coefficient (Wildman–Crippen LogP) is 1.42. The fourth-order valence-electron chi connectivity index (χ4n) is 2.21. The first kappa shape index (κ1) is 16.7. The molecule has 2 unspecified atom stereocenters. The number of amides is 1. The molecule has 0 spiro atoms. The maximum absolute atomic E-state index is 12.0. The van der Waals surface area contributed by atoms with E-state index < -0.39 is 0 Å². The third kappa shape index (κ3) is 5.23. The van der Waals surface area contributed by atoms with E-state index in [-0.39, 0.29) is 24.4 Å². The molecule has 0 aromatic rings. The molecule has 1 aliphatic rings. The lowest BCUT2D eigenvalue weighted by Crippen LogP contribution is -2.42. The Hall–Kier alpha value is -0.320.